The second-order valence-electron chi connectivity index (χ2n) is 9.50. The second-order valence-corrected chi connectivity index (χ2v) is 9.91. The molecule has 8 nitrogen and oxygen atoms in total. The summed E-state index contributed by atoms with van der Waals surface area (Å²) in [4.78, 5) is 30.4. The fraction of sp³-hybridized carbons (Fsp3) is 0.267. The van der Waals surface area contributed by atoms with Crippen LogP contribution < -0.4 is 24.0 Å². The van der Waals surface area contributed by atoms with Crippen molar-refractivity contribution in [3.8, 4) is 17.2 Å². The van der Waals surface area contributed by atoms with Crippen molar-refractivity contribution >= 4 is 40.4 Å². The van der Waals surface area contributed by atoms with E-state index < -0.39 is 23.5 Å². The maximum Gasteiger partial charge on any atom is 0.300 e. The summed E-state index contributed by atoms with van der Waals surface area (Å²) < 4.78 is 16.5. The Balaban J connectivity index is 1.94. The molecule has 4 rings (SSSR count). The van der Waals surface area contributed by atoms with Crippen molar-refractivity contribution in [3.63, 3.8) is 0 Å². The molecule has 1 fully saturated rings. The van der Waals surface area contributed by atoms with Crippen molar-refractivity contribution in [2.24, 2.45) is 0 Å². The lowest BCUT2D eigenvalue weighted by molar-refractivity contribution is -0.132. The largest absolute Gasteiger partial charge is 0.507 e. The van der Waals surface area contributed by atoms with Gasteiger partial charge in [0.1, 0.15) is 23.0 Å². The van der Waals surface area contributed by atoms with Crippen molar-refractivity contribution in [3.05, 3.63) is 82.4 Å². The Morgan fingerprint density at radius 1 is 0.949 bits per heavy atom. The molecule has 3 aromatic rings. The summed E-state index contributed by atoms with van der Waals surface area (Å²) in [5.41, 5.74) is 2.14. The molecule has 1 saturated heterocycles. The van der Waals surface area contributed by atoms with Crippen molar-refractivity contribution in [1.82, 2.24) is 0 Å². The Bertz CT molecular complexity index is 1410. The molecule has 0 saturated carbocycles. The van der Waals surface area contributed by atoms with Crippen LogP contribution in [0, 0.1) is 0 Å². The van der Waals surface area contributed by atoms with E-state index >= 15 is 0 Å². The lowest BCUT2D eigenvalue weighted by atomic mass is 9.94. The van der Waals surface area contributed by atoms with Crippen LogP contribution in [0.2, 0.25) is 5.02 Å². The molecule has 1 atom stereocenters. The summed E-state index contributed by atoms with van der Waals surface area (Å²) in [5, 5.41) is 11.9. The van der Waals surface area contributed by atoms with Crippen LogP contribution in [0.15, 0.2) is 66.2 Å². The third-order valence-corrected chi connectivity index (χ3v) is 6.68. The van der Waals surface area contributed by atoms with Crippen LogP contribution in [0.25, 0.3) is 5.76 Å². The highest BCUT2D eigenvalue weighted by molar-refractivity contribution is 6.51. The van der Waals surface area contributed by atoms with Gasteiger partial charge in [0.15, 0.2) is 0 Å². The van der Waals surface area contributed by atoms with Gasteiger partial charge in [0.25, 0.3) is 11.7 Å². The molecule has 0 aliphatic carbocycles. The Kier molecular flexibility index (Phi) is 8.06. The van der Waals surface area contributed by atoms with Gasteiger partial charge in [0.05, 0.1) is 42.5 Å². The van der Waals surface area contributed by atoms with E-state index in [1.165, 1.54) is 31.3 Å². The zero-order valence-electron chi connectivity index (χ0n) is 22.7. The first-order valence-electron chi connectivity index (χ1n) is 12.3. The highest BCUT2D eigenvalue weighted by Crippen LogP contribution is 2.45. The number of anilines is 2. The van der Waals surface area contributed by atoms with E-state index in [0.717, 1.165) is 5.69 Å². The van der Waals surface area contributed by atoms with Gasteiger partial charge in [0.2, 0.25) is 0 Å². The number of aliphatic hydroxyl groups excluding tert-OH is 1. The first kappa shape index (κ1) is 27.9. The van der Waals surface area contributed by atoms with Crippen molar-refractivity contribution in [2.45, 2.75) is 26.0 Å². The third-order valence-electron chi connectivity index (χ3n) is 6.39. The lowest BCUT2D eigenvalue weighted by Gasteiger charge is -2.26. The Morgan fingerprint density at radius 2 is 1.56 bits per heavy atom. The van der Waals surface area contributed by atoms with E-state index in [1.54, 1.807) is 36.4 Å². The van der Waals surface area contributed by atoms with Crippen LogP contribution >= 0.6 is 11.6 Å². The number of ether oxygens (including phenoxy) is 3. The van der Waals surface area contributed by atoms with Gasteiger partial charge in [-0.15, -0.1) is 0 Å². The predicted molar refractivity (Wildman–Crippen MR) is 152 cm³/mol. The number of methoxy groups -OCH3 is 2. The van der Waals surface area contributed by atoms with Crippen LogP contribution in [-0.2, 0) is 9.59 Å². The quantitative estimate of drug-likeness (QED) is 0.214. The maximum atomic E-state index is 13.6. The standard InChI is InChI=1S/C30H31ClN2O6/c1-17(2)39-21-13-7-18(8-14-21)27-26(28(34)22-15-25(38-6)23(31)16-24(22)37-5)29(35)30(36)33(27)20-11-9-19(10-12-20)32(3)4/h7-17,27,34H,1-6H3/b28-26+. The topological polar surface area (TPSA) is 88.5 Å². The number of carbonyl (C=O) groups excluding carboxylic acids is 2. The van der Waals surface area contributed by atoms with Crippen molar-refractivity contribution in [1.29, 1.82) is 0 Å². The van der Waals surface area contributed by atoms with Gasteiger partial charge in [-0.2, -0.15) is 0 Å². The number of amides is 1. The average Bonchev–Trinajstić information content (AvgIpc) is 3.18. The van der Waals surface area contributed by atoms with Crippen LogP contribution in [0.1, 0.15) is 31.0 Å². The molecule has 0 radical (unpaired) electrons. The third kappa shape index (κ3) is 5.38. The zero-order valence-corrected chi connectivity index (χ0v) is 23.4. The van der Waals surface area contributed by atoms with E-state index in [2.05, 4.69) is 0 Å². The first-order valence-corrected chi connectivity index (χ1v) is 12.7. The highest BCUT2D eigenvalue weighted by atomic mass is 35.5. The van der Waals surface area contributed by atoms with Crippen LogP contribution in [-0.4, -0.2) is 51.2 Å². The highest BCUT2D eigenvalue weighted by Gasteiger charge is 2.47. The van der Waals surface area contributed by atoms with Crippen LogP contribution in [0.4, 0.5) is 11.4 Å². The van der Waals surface area contributed by atoms with E-state index in [1.807, 2.05) is 45.0 Å². The molecule has 39 heavy (non-hydrogen) atoms. The molecule has 0 aromatic heterocycles. The van der Waals surface area contributed by atoms with Gasteiger partial charge >= 0.3 is 0 Å². The molecule has 1 aliphatic rings. The Morgan fingerprint density at radius 3 is 2.10 bits per heavy atom. The molecule has 1 aliphatic heterocycles. The summed E-state index contributed by atoms with van der Waals surface area (Å²) in [6.07, 6.45) is -0.0240. The minimum absolute atomic E-state index is 0.0240. The number of carbonyl (C=O) groups is 2. The van der Waals surface area contributed by atoms with Crippen LogP contribution in [0.5, 0.6) is 17.2 Å². The van der Waals surface area contributed by atoms with E-state index in [-0.39, 0.29) is 33.8 Å². The van der Waals surface area contributed by atoms with Crippen molar-refractivity contribution < 1.29 is 28.9 Å². The van der Waals surface area contributed by atoms with Crippen molar-refractivity contribution in [2.75, 3.05) is 38.1 Å². The maximum absolute atomic E-state index is 13.6. The number of hydrogen-bond acceptors (Lipinski definition) is 7. The zero-order chi connectivity index (χ0) is 28.4. The molecule has 1 N–H and O–H groups in total. The number of hydrogen-bond donors (Lipinski definition) is 1. The van der Waals surface area contributed by atoms with E-state index in [9.17, 15) is 14.7 Å². The smallest absolute Gasteiger partial charge is 0.300 e. The second kappa shape index (κ2) is 11.3. The molecule has 0 spiro atoms. The van der Waals surface area contributed by atoms with E-state index in [4.69, 9.17) is 25.8 Å². The molecular formula is C30H31ClN2O6. The summed E-state index contributed by atoms with van der Waals surface area (Å²) in [6.45, 7) is 3.85. The number of aliphatic hydroxyl groups is 1. The number of nitrogens with zero attached hydrogens (tertiary/aromatic N) is 2. The average molecular weight is 551 g/mol. The minimum atomic E-state index is -0.922. The summed E-state index contributed by atoms with van der Waals surface area (Å²) in [5.74, 6) is -0.849. The molecule has 9 heteroatoms. The number of benzene rings is 3. The number of ketones is 1. The summed E-state index contributed by atoms with van der Waals surface area (Å²) in [6, 6.07) is 16.4. The number of rotatable bonds is 8. The van der Waals surface area contributed by atoms with Gasteiger partial charge in [-0.3, -0.25) is 14.5 Å². The monoisotopic (exact) mass is 550 g/mol. The summed E-state index contributed by atoms with van der Waals surface area (Å²) >= 11 is 6.26. The van der Waals surface area contributed by atoms with Crippen LogP contribution in [0.3, 0.4) is 0 Å². The van der Waals surface area contributed by atoms with E-state index in [0.29, 0.717) is 17.0 Å². The van der Waals surface area contributed by atoms with Gasteiger partial charge in [-0.25, -0.2) is 0 Å². The Hall–Kier alpha value is -4.17. The molecule has 3 aromatic carbocycles. The SMILES string of the molecule is COc1cc(/C(O)=C2\C(=O)C(=O)N(c3ccc(N(C)C)cc3)C2c2ccc(OC(C)C)cc2)c(OC)cc1Cl. The predicted octanol–water partition coefficient (Wildman–Crippen LogP) is 5.84. The molecule has 0 bridgehead atoms. The fourth-order valence-corrected chi connectivity index (χ4v) is 4.75. The molecule has 204 valence electrons. The Labute approximate surface area is 233 Å². The number of halogens is 1. The van der Waals surface area contributed by atoms with Gasteiger partial charge in [0, 0.05) is 31.5 Å². The first-order chi connectivity index (χ1) is 18.6. The normalized spacial score (nSPS) is 16.5. The fourth-order valence-electron chi connectivity index (χ4n) is 4.52. The van der Waals surface area contributed by atoms with Gasteiger partial charge in [-0.05, 0) is 61.9 Å². The summed E-state index contributed by atoms with van der Waals surface area (Å²) in [7, 11) is 6.69. The molecule has 1 amide bonds. The molecule has 1 unspecified atom stereocenters. The molecular weight excluding hydrogens is 520 g/mol. The molecule has 1 heterocycles. The van der Waals surface area contributed by atoms with Gasteiger partial charge in [-0.1, -0.05) is 23.7 Å². The van der Waals surface area contributed by atoms with Gasteiger partial charge < -0.3 is 24.2 Å². The minimum Gasteiger partial charge on any atom is -0.507 e. The lowest BCUT2D eigenvalue weighted by Crippen LogP contribution is -2.29. The number of Topliss-reactive ketones (excluding diaryl/α,β-unsaturated/α-hetero) is 1.